The molecule has 1 atom stereocenters. The first-order chi connectivity index (χ1) is 5.62. The van der Waals surface area contributed by atoms with Crippen molar-refractivity contribution in [3.05, 3.63) is 0 Å². The van der Waals surface area contributed by atoms with Crippen molar-refractivity contribution in [3.63, 3.8) is 0 Å². The third-order valence-corrected chi connectivity index (χ3v) is 2.15. The Labute approximate surface area is 72.9 Å². The number of hydrogen-bond donors (Lipinski definition) is 0. The zero-order valence-corrected chi connectivity index (χ0v) is 7.51. The number of ether oxygens (including phenoxy) is 1. The summed E-state index contributed by atoms with van der Waals surface area (Å²) in [6.45, 7) is 1.95. The highest BCUT2D eigenvalue weighted by molar-refractivity contribution is 4.95. The molecule has 0 radical (unpaired) electrons. The first-order valence-electron chi connectivity index (χ1n) is 3.62. The Kier molecular flexibility index (Phi) is 3.30. The number of rotatable bonds is 3. The van der Waals surface area contributed by atoms with Gasteiger partial charge in [-0.1, -0.05) is 6.92 Å². The molecule has 6 heteroatoms. The first-order valence-corrected chi connectivity index (χ1v) is 3.62. The lowest BCUT2D eigenvalue weighted by atomic mass is 9.94. The van der Waals surface area contributed by atoms with E-state index in [1.165, 1.54) is 6.92 Å². The van der Waals surface area contributed by atoms with E-state index in [-0.39, 0.29) is 0 Å². The fourth-order valence-electron chi connectivity index (χ4n) is 0.794. The van der Waals surface area contributed by atoms with Crippen molar-refractivity contribution >= 4 is 0 Å². The largest absolute Gasteiger partial charge is 0.456 e. The van der Waals surface area contributed by atoms with Gasteiger partial charge in [0.2, 0.25) is 0 Å². The van der Waals surface area contributed by atoms with Crippen LogP contribution in [0.1, 0.15) is 20.3 Å². The molecule has 0 rings (SSSR count). The van der Waals surface area contributed by atoms with Gasteiger partial charge in [0, 0.05) is 7.11 Å². The van der Waals surface area contributed by atoms with E-state index >= 15 is 0 Å². The number of hydrogen-bond acceptors (Lipinski definition) is 1. The van der Waals surface area contributed by atoms with Crippen LogP contribution in [0.2, 0.25) is 0 Å². The van der Waals surface area contributed by atoms with Gasteiger partial charge in [0.15, 0.2) is 0 Å². The molecule has 0 heterocycles. The van der Waals surface area contributed by atoms with Crippen LogP contribution >= 0.6 is 0 Å². The molecule has 0 aliphatic carbocycles. The van der Waals surface area contributed by atoms with Crippen molar-refractivity contribution in [3.8, 4) is 0 Å². The molecule has 0 aliphatic heterocycles. The van der Waals surface area contributed by atoms with Crippen LogP contribution in [0.4, 0.5) is 22.0 Å². The third-order valence-electron chi connectivity index (χ3n) is 2.15. The Morgan fingerprint density at radius 3 is 1.54 bits per heavy atom. The lowest BCUT2D eigenvalue weighted by Gasteiger charge is -2.36. The van der Waals surface area contributed by atoms with Crippen molar-refractivity contribution in [1.29, 1.82) is 0 Å². The second-order valence-electron chi connectivity index (χ2n) is 2.86. The minimum absolute atomic E-state index is 0.421. The van der Waals surface area contributed by atoms with Gasteiger partial charge in [-0.2, -0.15) is 22.0 Å². The second kappa shape index (κ2) is 3.40. The summed E-state index contributed by atoms with van der Waals surface area (Å²) in [7, 11) is 0.836. The molecule has 0 aromatic carbocycles. The molecule has 0 N–H and O–H groups in total. The van der Waals surface area contributed by atoms with E-state index < -0.39 is 24.1 Å². The molecule has 0 amide bonds. The Morgan fingerprint density at radius 2 is 1.46 bits per heavy atom. The number of halogens is 5. The highest BCUT2D eigenvalue weighted by atomic mass is 19.4. The minimum Gasteiger partial charge on any atom is -0.372 e. The summed E-state index contributed by atoms with van der Waals surface area (Å²) in [5.41, 5.74) is -2.49. The minimum atomic E-state index is -5.58. The fourth-order valence-corrected chi connectivity index (χ4v) is 0.794. The van der Waals surface area contributed by atoms with Crippen LogP contribution in [-0.4, -0.2) is 24.8 Å². The molecular formula is C7H11F5O. The summed E-state index contributed by atoms with van der Waals surface area (Å²) in [5.74, 6) is -4.83. The van der Waals surface area contributed by atoms with Gasteiger partial charge in [-0.3, -0.25) is 0 Å². The van der Waals surface area contributed by atoms with E-state index in [0.717, 1.165) is 14.0 Å². The van der Waals surface area contributed by atoms with Gasteiger partial charge >= 0.3 is 12.1 Å². The summed E-state index contributed by atoms with van der Waals surface area (Å²) >= 11 is 0. The Bertz CT molecular complexity index is 170. The Hall–Kier alpha value is -0.390. The summed E-state index contributed by atoms with van der Waals surface area (Å²) < 4.78 is 65.3. The molecule has 0 spiro atoms. The molecule has 0 fully saturated rings. The molecule has 1 nitrogen and oxygen atoms in total. The second-order valence-corrected chi connectivity index (χ2v) is 2.86. The van der Waals surface area contributed by atoms with Gasteiger partial charge in [-0.05, 0) is 13.3 Å². The van der Waals surface area contributed by atoms with Crippen LogP contribution in [0.3, 0.4) is 0 Å². The van der Waals surface area contributed by atoms with Crippen LogP contribution in [0.15, 0.2) is 0 Å². The van der Waals surface area contributed by atoms with E-state index in [1.807, 2.05) is 0 Å². The van der Waals surface area contributed by atoms with Gasteiger partial charge in [0.05, 0.1) is 0 Å². The van der Waals surface area contributed by atoms with Gasteiger partial charge in [0.25, 0.3) is 0 Å². The zero-order chi connectivity index (χ0) is 10.9. The van der Waals surface area contributed by atoms with Crippen LogP contribution in [0, 0.1) is 0 Å². The molecule has 0 aromatic heterocycles. The number of methoxy groups -OCH3 is 1. The summed E-state index contributed by atoms with van der Waals surface area (Å²) in [4.78, 5) is 0. The SMILES string of the molecule is CCC(C)(OC)C(F)(F)C(F)(F)F. The fraction of sp³-hybridized carbons (Fsp3) is 1.00. The predicted molar refractivity (Wildman–Crippen MR) is 36.7 cm³/mol. The van der Waals surface area contributed by atoms with Gasteiger partial charge in [-0.25, -0.2) is 0 Å². The van der Waals surface area contributed by atoms with Crippen molar-refractivity contribution in [2.45, 2.75) is 38.0 Å². The average molecular weight is 206 g/mol. The smallest absolute Gasteiger partial charge is 0.372 e. The number of alkyl halides is 5. The highest BCUT2D eigenvalue weighted by Crippen LogP contribution is 2.46. The van der Waals surface area contributed by atoms with Crippen LogP contribution in [0.5, 0.6) is 0 Å². The molecule has 1 unspecified atom stereocenters. The molecule has 13 heavy (non-hydrogen) atoms. The Balaban J connectivity index is 5.00. The molecular weight excluding hydrogens is 195 g/mol. The molecule has 0 saturated carbocycles. The van der Waals surface area contributed by atoms with Crippen LogP contribution in [0.25, 0.3) is 0 Å². The van der Waals surface area contributed by atoms with Gasteiger partial charge in [-0.15, -0.1) is 0 Å². The molecule has 0 bridgehead atoms. The predicted octanol–water partition coefficient (Wildman–Crippen LogP) is 3.00. The van der Waals surface area contributed by atoms with E-state index in [4.69, 9.17) is 0 Å². The van der Waals surface area contributed by atoms with Crippen molar-refractivity contribution in [2.24, 2.45) is 0 Å². The molecule has 0 aliphatic rings. The van der Waals surface area contributed by atoms with E-state index in [1.54, 1.807) is 0 Å². The highest BCUT2D eigenvalue weighted by Gasteiger charge is 2.68. The maximum atomic E-state index is 12.7. The van der Waals surface area contributed by atoms with Gasteiger partial charge in [0.1, 0.15) is 5.60 Å². The maximum absolute atomic E-state index is 12.7. The monoisotopic (exact) mass is 206 g/mol. The van der Waals surface area contributed by atoms with Gasteiger partial charge < -0.3 is 4.74 Å². The zero-order valence-electron chi connectivity index (χ0n) is 7.51. The first kappa shape index (κ1) is 12.6. The molecule has 0 aromatic rings. The third kappa shape index (κ3) is 1.92. The van der Waals surface area contributed by atoms with E-state index in [9.17, 15) is 22.0 Å². The molecule has 0 saturated heterocycles. The standard InChI is InChI=1S/C7H11F5O/c1-4-5(2,13-3)6(8,9)7(10,11)12/h4H2,1-3H3. The quantitative estimate of drug-likeness (QED) is 0.645. The van der Waals surface area contributed by atoms with Crippen molar-refractivity contribution in [2.75, 3.05) is 7.11 Å². The maximum Gasteiger partial charge on any atom is 0.456 e. The summed E-state index contributed by atoms with van der Waals surface area (Å²) in [6, 6.07) is 0. The summed E-state index contributed by atoms with van der Waals surface area (Å²) in [5, 5.41) is 0. The van der Waals surface area contributed by atoms with E-state index in [2.05, 4.69) is 4.74 Å². The van der Waals surface area contributed by atoms with Crippen LogP contribution < -0.4 is 0 Å². The lowest BCUT2D eigenvalue weighted by Crippen LogP contribution is -2.56. The average Bonchev–Trinajstić information content (AvgIpc) is 2.00. The normalized spacial score (nSPS) is 18.5. The molecule has 80 valence electrons. The van der Waals surface area contributed by atoms with Crippen molar-refractivity contribution < 1.29 is 26.7 Å². The van der Waals surface area contributed by atoms with E-state index in [0.29, 0.717) is 0 Å². The summed E-state index contributed by atoms with van der Waals surface area (Å²) in [6.07, 6.45) is -6.00. The Morgan fingerprint density at radius 1 is 1.08 bits per heavy atom. The lowest BCUT2D eigenvalue weighted by molar-refractivity contribution is -0.342. The topological polar surface area (TPSA) is 9.23 Å². The van der Waals surface area contributed by atoms with Crippen LogP contribution in [-0.2, 0) is 4.74 Å². The van der Waals surface area contributed by atoms with Crippen molar-refractivity contribution in [1.82, 2.24) is 0 Å².